The highest BCUT2D eigenvalue weighted by Gasteiger charge is 2.09. The van der Waals surface area contributed by atoms with E-state index in [-0.39, 0.29) is 11.9 Å². The molecule has 0 bridgehead atoms. The lowest BCUT2D eigenvalue weighted by Crippen LogP contribution is -2.22. The molecule has 0 aliphatic heterocycles. The molecule has 2 aromatic heterocycles. The van der Waals surface area contributed by atoms with Gasteiger partial charge in [0.1, 0.15) is 5.76 Å². The molecular weight excluding hydrogens is 348 g/mol. The van der Waals surface area contributed by atoms with E-state index in [1.165, 1.54) is 12.4 Å². The van der Waals surface area contributed by atoms with Gasteiger partial charge >= 0.3 is 5.97 Å². The van der Waals surface area contributed by atoms with Crippen molar-refractivity contribution in [3.8, 4) is 0 Å². The van der Waals surface area contributed by atoms with Gasteiger partial charge in [0, 0.05) is 18.1 Å². The molecule has 0 spiro atoms. The summed E-state index contributed by atoms with van der Waals surface area (Å²) in [6.45, 7) is 2.37. The van der Waals surface area contributed by atoms with Crippen LogP contribution < -0.4 is 10.6 Å². The average molecular weight is 366 g/mol. The topological polar surface area (TPSA) is 106 Å². The van der Waals surface area contributed by atoms with Crippen molar-refractivity contribution in [2.75, 3.05) is 11.9 Å². The Kier molecular flexibility index (Phi) is 5.78. The molecule has 0 unspecified atom stereocenters. The van der Waals surface area contributed by atoms with Gasteiger partial charge in [-0.05, 0) is 43.3 Å². The van der Waals surface area contributed by atoms with Crippen molar-refractivity contribution in [3.05, 3.63) is 71.9 Å². The van der Waals surface area contributed by atoms with Crippen molar-refractivity contribution in [3.63, 3.8) is 0 Å². The maximum atomic E-state index is 12.1. The molecule has 0 aliphatic carbocycles. The molecule has 27 heavy (non-hydrogen) atoms. The van der Waals surface area contributed by atoms with Crippen LogP contribution in [-0.4, -0.2) is 28.5 Å². The van der Waals surface area contributed by atoms with Crippen molar-refractivity contribution in [1.82, 2.24) is 15.3 Å². The fourth-order valence-corrected chi connectivity index (χ4v) is 2.23. The largest absolute Gasteiger partial charge is 0.467 e. The van der Waals surface area contributed by atoms with Crippen LogP contribution in [-0.2, 0) is 11.3 Å². The first kappa shape index (κ1) is 18.1. The number of ether oxygens (including phenoxy) is 1. The summed E-state index contributed by atoms with van der Waals surface area (Å²) in [7, 11) is 0. The lowest BCUT2D eigenvalue weighted by atomic mass is 10.2. The van der Waals surface area contributed by atoms with Crippen LogP contribution in [0.25, 0.3) is 0 Å². The minimum Gasteiger partial charge on any atom is -0.467 e. The zero-order valence-corrected chi connectivity index (χ0v) is 14.6. The van der Waals surface area contributed by atoms with Crippen molar-refractivity contribution >= 4 is 23.5 Å². The summed E-state index contributed by atoms with van der Waals surface area (Å²) in [4.78, 5) is 32.0. The number of rotatable bonds is 7. The number of furan rings is 1. The molecule has 0 atom stereocenters. The second-order valence-corrected chi connectivity index (χ2v) is 5.48. The van der Waals surface area contributed by atoms with E-state index in [1.807, 2.05) is 0 Å². The van der Waals surface area contributed by atoms with E-state index in [9.17, 15) is 9.59 Å². The van der Waals surface area contributed by atoms with Gasteiger partial charge in [0.2, 0.25) is 5.95 Å². The number of benzene rings is 1. The first-order valence-corrected chi connectivity index (χ1v) is 8.32. The Labute approximate surface area is 155 Å². The number of esters is 1. The quantitative estimate of drug-likeness (QED) is 0.619. The summed E-state index contributed by atoms with van der Waals surface area (Å²) in [5, 5.41) is 5.72. The van der Waals surface area contributed by atoms with Gasteiger partial charge in [0.15, 0.2) is 0 Å². The minimum absolute atomic E-state index is 0.290. The van der Waals surface area contributed by atoms with Gasteiger partial charge < -0.3 is 19.8 Å². The van der Waals surface area contributed by atoms with Crippen molar-refractivity contribution in [1.29, 1.82) is 0 Å². The predicted octanol–water partition coefficient (Wildman–Crippen LogP) is 2.92. The van der Waals surface area contributed by atoms with Crippen LogP contribution in [0.5, 0.6) is 0 Å². The molecule has 1 aromatic carbocycles. The average Bonchev–Trinajstić information content (AvgIpc) is 3.21. The molecule has 1 amide bonds. The third-order valence-corrected chi connectivity index (χ3v) is 3.57. The number of carbonyl (C=O) groups excluding carboxylic acids is 2. The molecule has 2 heterocycles. The van der Waals surface area contributed by atoms with Gasteiger partial charge in [-0.15, -0.1) is 0 Å². The smallest absolute Gasteiger partial charge is 0.338 e. The SMILES string of the molecule is CCOC(=O)c1ccc(Nc2ncc(C(=O)NCc3ccco3)cn2)cc1. The van der Waals surface area contributed by atoms with Gasteiger partial charge in [-0.3, -0.25) is 4.79 Å². The Bertz CT molecular complexity index is 890. The summed E-state index contributed by atoms with van der Waals surface area (Å²) in [6, 6.07) is 10.3. The number of nitrogens with one attached hydrogen (secondary N) is 2. The number of carbonyl (C=O) groups is 2. The van der Waals surface area contributed by atoms with Gasteiger partial charge in [0.25, 0.3) is 5.91 Å². The highest BCUT2D eigenvalue weighted by atomic mass is 16.5. The monoisotopic (exact) mass is 366 g/mol. The molecule has 0 saturated heterocycles. The Hall–Kier alpha value is -3.68. The van der Waals surface area contributed by atoms with Gasteiger partial charge in [-0.1, -0.05) is 0 Å². The van der Waals surface area contributed by atoms with E-state index < -0.39 is 0 Å². The van der Waals surface area contributed by atoms with Crippen molar-refractivity contribution < 1.29 is 18.7 Å². The molecule has 138 valence electrons. The van der Waals surface area contributed by atoms with Gasteiger partial charge in [-0.2, -0.15) is 0 Å². The first-order valence-electron chi connectivity index (χ1n) is 8.32. The van der Waals surface area contributed by atoms with Crippen molar-refractivity contribution in [2.24, 2.45) is 0 Å². The number of hydrogen-bond acceptors (Lipinski definition) is 7. The van der Waals surface area contributed by atoms with Crippen molar-refractivity contribution in [2.45, 2.75) is 13.5 Å². The maximum absolute atomic E-state index is 12.1. The Balaban J connectivity index is 1.57. The number of aromatic nitrogens is 2. The van der Waals surface area contributed by atoms with E-state index in [0.717, 1.165) is 0 Å². The lowest BCUT2D eigenvalue weighted by Gasteiger charge is -2.07. The van der Waals surface area contributed by atoms with Gasteiger partial charge in [0.05, 0.1) is 30.5 Å². The zero-order valence-electron chi connectivity index (χ0n) is 14.6. The van der Waals surface area contributed by atoms with Gasteiger partial charge in [-0.25, -0.2) is 14.8 Å². The van der Waals surface area contributed by atoms with E-state index in [0.29, 0.717) is 41.7 Å². The first-order chi connectivity index (χ1) is 13.2. The predicted molar refractivity (Wildman–Crippen MR) is 97.6 cm³/mol. The third kappa shape index (κ3) is 4.91. The van der Waals surface area contributed by atoms with Crippen LogP contribution >= 0.6 is 0 Å². The van der Waals surface area contributed by atoms with E-state index >= 15 is 0 Å². The molecule has 0 saturated carbocycles. The summed E-state index contributed by atoms with van der Waals surface area (Å²) in [5.41, 5.74) is 1.51. The molecule has 3 aromatic rings. The summed E-state index contributed by atoms with van der Waals surface area (Å²) in [5.74, 6) is 0.331. The van der Waals surface area contributed by atoms with Crippen LogP contribution in [0.3, 0.4) is 0 Å². The second kappa shape index (κ2) is 8.61. The standard InChI is InChI=1S/C19H18N4O4/c1-2-26-18(25)13-5-7-15(8-6-13)23-19-21-10-14(11-22-19)17(24)20-12-16-4-3-9-27-16/h3-11H,2,12H2,1H3,(H,20,24)(H,21,22,23). The van der Waals surface area contributed by atoms with E-state index in [4.69, 9.17) is 9.15 Å². The number of amides is 1. The van der Waals surface area contributed by atoms with Crippen LogP contribution in [0.15, 0.2) is 59.5 Å². The fourth-order valence-electron chi connectivity index (χ4n) is 2.23. The number of anilines is 2. The van der Waals surface area contributed by atoms with E-state index in [2.05, 4.69) is 20.6 Å². The van der Waals surface area contributed by atoms with E-state index in [1.54, 1.807) is 49.6 Å². The van der Waals surface area contributed by atoms with Crippen LogP contribution in [0.2, 0.25) is 0 Å². The fraction of sp³-hybridized carbons (Fsp3) is 0.158. The Morgan fingerprint density at radius 1 is 1.07 bits per heavy atom. The summed E-state index contributed by atoms with van der Waals surface area (Å²) >= 11 is 0. The number of hydrogen-bond donors (Lipinski definition) is 2. The molecule has 3 rings (SSSR count). The normalized spacial score (nSPS) is 10.3. The molecule has 0 radical (unpaired) electrons. The highest BCUT2D eigenvalue weighted by molar-refractivity contribution is 5.93. The lowest BCUT2D eigenvalue weighted by molar-refractivity contribution is 0.0526. The number of nitrogens with zero attached hydrogens (tertiary/aromatic N) is 2. The van der Waals surface area contributed by atoms with Crippen LogP contribution in [0, 0.1) is 0 Å². The summed E-state index contributed by atoms with van der Waals surface area (Å²) < 4.78 is 10.1. The summed E-state index contributed by atoms with van der Waals surface area (Å²) in [6.07, 6.45) is 4.41. The highest BCUT2D eigenvalue weighted by Crippen LogP contribution is 2.14. The molecule has 8 nitrogen and oxygen atoms in total. The minimum atomic E-state index is -0.370. The third-order valence-electron chi connectivity index (χ3n) is 3.57. The maximum Gasteiger partial charge on any atom is 0.338 e. The molecule has 0 fully saturated rings. The Morgan fingerprint density at radius 3 is 2.44 bits per heavy atom. The molecule has 0 aliphatic rings. The second-order valence-electron chi connectivity index (χ2n) is 5.48. The Morgan fingerprint density at radius 2 is 1.81 bits per heavy atom. The molecule has 2 N–H and O–H groups in total. The molecule has 8 heteroatoms. The molecular formula is C19H18N4O4. The van der Waals surface area contributed by atoms with Crippen LogP contribution in [0.1, 0.15) is 33.4 Å². The zero-order chi connectivity index (χ0) is 19.1. The van der Waals surface area contributed by atoms with Crippen LogP contribution in [0.4, 0.5) is 11.6 Å².